The molecule has 0 fully saturated rings. The molecular weight excluding hydrogens is 809 g/mol. The lowest BCUT2D eigenvalue weighted by Gasteiger charge is -2.26. The maximum absolute atomic E-state index is 12.8. The van der Waals surface area contributed by atoms with Crippen LogP contribution in [0.5, 0.6) is 11.5 Å². The quantitative estimate of drug-likeness (QED) is 0.0838. The van der Waals surface area contributed by atoms with Crippen LogP contribution in [0.15, 0.2) is 200 Å². The fraction of sp³-hybridized carbons (Fsp3) is 0.123. The molecule has 0 aromatic heterocycles. The summed E-state index contributed by atoms with van der Waals surface area (Å²) >= 11 is 0. The highest BCUT2D eigenvalue weighted by Crippen LogP contribution is 2.39. The zero-order chi connectivity index (χ0) is 45.3. The summed E-state index contributed by atoms with van der Waals surface area (Å²) in [7, 11) is 1.26. The molecule has 8 heteroatoms. The molecular formula is C57H50N2O6. The molecule has 8 aromatic carbocycles. The molecule has 0 aliphatic rings. The summed E-state index contributed by atoms with van der Waals surface area (Å²) < 4.78 is 20.7. The second-order valence-corrected chi connectivity index (χ2v) is 16.3. The molecule has 8 aromatic rings. The second kappa shape index (κ2) is 19.5. The van der Waals surface area contributed by atoms with Gasteiger partial charge >= 0.3 is 12.3 Å². The number of ether oxygens (including phenoxy) is 4. The molecule has 8 rings (SSSR count). The molecule has 0 radical (unpaired) electrons. The van der Waals surface area contributed by atoms with E-state index in [4.69, 9.17) is 14.2 Å². The van der Waals surface area contributed by atoms with Gasteiger partial charge in [0.05, 0.1) is 7.11 Å². The molecule has 324 valence electrons. The maximum atomic E-state index is 12.8. The van der Waals surface area contributed by atoms with Gasteiger partial charge in [-0.15, -0.1) is 0 Å². The molecule has 0 N–H and O–H groups in total. The number of aryl methyl sites for hydroxylation is 2. The van der Waals surface area contributed by atoms with Crippen LogP contribution in [-0.2, 0) is 21.5 Å². The lowest BCUT2D eigenvalue weighted by atomic mass is 9.78. The molecule has 0 aliphatic heterocycles. The fourth-order valence-corrected chi connectivity index (χ4v) is 7.93. The average Bonchev–Trinajstić information content (AvgIpc) is 3.33. The Kier molecular flexibility index (Phi) is 13.1. The van der Waals surface area contributed by atoms with Gasteiger partial charge in [-0.25, -0.2) is 9.59 Å². The third-order valence-corrected chi connectivity index (χ3v) is 11.4. The number of methoxy groups -OCH3 is 1. The van der Waals surface area contributed by atoms with E-state index in [1.807, 2.05) is 72.8 Å². The highest BCUT2D eigenvalue weighted by Gasteiger charge is 2.24. The van der Waals surface area contributed by atoms with Gasteiger partial charge in [0.15, 0.2) is 0 Å². The first-order chi connectivity index (χ1) is 31.5. The van der Waals surface area contributed by atoms with Gasteiger partial charge in [-0.05, 0) is 150 Å². The number of carbonyl (C=O) groups is 2. The van der Waals surface area contributed by atoms with Gasteiger partial charge in [0.25, 0.3) is 0 Å². The van der Waals surface area contributed by atoms with E-state index in [-0.39, 0.29) is 12.0 Å². The van der Waals surface area contributed by atoms with Crippen LogP contribution in [0, 0.1) is 13.8 Å². The summed E-state index contributed by atoms with van der Waals surface area (Å²) in [5, 5.41) is 0. The van der Waals surface area contributed by atoms with E-state index in [9.17, 15) is 9.59 Å². The number of para-hydroxylation sites is 2. The van der Waals surface area contributed by atoms with Gasteiger partial charge in [0.1, 0.15) is 18.1 Å². The van der Waals surface area contributed by atoms with E-state index in [2.05, 4.69) is 145 Å². The highest BCUT2D eigenvalue weighted by atomic mass is 16.7. The Labute approximate surface area is 380 Å². The maximum Gasteiger partial charge on any atom is 0.514 e. The molecule has 0 saturated heterocycles. The third-order valence-electron chi connectivity index (χ3n) is 11.4. The topological polar surface area (TPSA) is 77.5 Å². The fourth-order valence-electron chi connectivity index (χ4n) is 7.93. The van der Waals surface area contributed by atoms with Crippen molar-refractivity contribution in [3.8, 4) is 22.6 Å². The first-order valence-corrected chi connectivity index (χ1v) is 21.4. The van der Waals surface area contributed by atoms with E-state index in [1.165, 1.54) is 18.2 Å². The largest absolute Gasteiger partial charge is 0.514 e. The predicted molar refractivity (Wildman–Crippen MR) is 260 cm³/mol. The van der Waals surface area contributed by atoms with E-state index >= 15 is 0 Å². The van der Waals surface area contributed by atoms with Crippen LogP contribution < -0.4 is 19.3 Å². The van der Waals surface area contributed by atoms with Crippen LogP contribution in [-0.4, -0.2) is 19.4 Å². The second-order valence-electron chi connectivity index (χ2n) is 16.3. The van der Waals surface area contributed by atoms with Crippen LogP contribution >= 0.6 is 0 Å². The molecule has 0 amide bonds. The molecule has 0 spiro atoms. The normalized spacial score (nSPS) is 11.0. The SMILES string of the molecule is COC(=O)Oc1ccc(C(C)(C)c2ccc(OC(=O)OCc3ccc(N(c4ccccc4)c4ccc(-c5ccc(N(c6ccccc6)c6cc(C)cc(C)c6)cc5)cc4)cc3)cc2)cc1. The molecule has 0 atom stereocenters. The Morgan fingerprint density at radius 2 is 0.831 bits per heavy atom. The number of anilines is 6. The molecule has 8 nitrogen and oxygen atoms in total. The Bertz CT molecular complexity index is 2820. The lowest BCUT2D eigenvalue weighted by molar-refractivity contribution is 0.0927. The Balaban J connectivity index is 0.918. The number of hydrogen-bond donors (Lipinski definition) is 0. The number of carbonyl (C=O) groups excluding carboxylic acids is 2. The van der Waals surface area contributed by atoms with E-state index in [1.54, 1.807) is 24.3 Å². The van der Waals surface area contributed by atoms with Gasteiger partial charge in [-0.1, -0.05) is 117 Å². The molecule has 0 heterocycles. The number of benzene rings is 8. The van der Waals surface area contributed by atoms with Gasteiger partial charge in [0.2, 0.25) is 0 Å². The zero-order valence-electron chi connectivity index (χ0n) is 37.1. The van der Waals surface area contributed by atoms with Crippen molar-refractivity contribution < 1.29 is 28.5 Å². The monoisotopic (exact) mass is 858 g/mol. The van der Waals surface area contributed by atoms with Crippen molar-refractivity contribution in [2.45, 2.75) is 39.7 Å². The number of hydrogen-bond acceptors (Lipinski definition) is 8. The summed E-state index contributed by atoms with van der Waals surface area (Å²) in [4.78, 5) is 28.7. The first-order valence-electron chi connectivity index (χ1n) is 21.4. The number of nitrogens with zero attached hydrogens (tertiary/aromatic N) is 2. The third kappa shape index (κ3) is 10.4. The summed E-state index contributed by atoms with van der Waals surface area (Å²) in [6.45, 7) is 8.49. The molecule has 0 saturated carbocycles. The lowest BCUT2D eigenvalue weighted by Crippen LogP contribution is -2.19. The number of rotatable bonds is 13. The van der Waals surface area contributed by atoms with Crippen LogP contribution in [0.25, 0.3) is 11.1 Å². The van der Waals surface area contributed by atoms with Crippen LogP contribution in [0.3, 0.4) is 0 Å². The minimum Gasteiger partial charge on any atom is -0.437 e. The molecule has 0 bridgehead atoms. The highest BCUT2D eigenvalue weighted by molar-refractivity contribution is 5.81. The molecule has 65 heavy (non-hydrogen) atoms. The van der Waals surface area contributed by atoms with Crippen molar-refractivity contribution in [2.75, 3.05) is 16.9 Å². The Hall–Kier alpha value is -8.10. The average molecular weight is 859 g/mol. The zero-order valence-corrected chi connectivity index (χ0v) is 37.1. The van der Waals surface area contributed by atoms with Crippen molar-refractivity contribution in [1.82, 2.24) is 0 Å². The molecule has 0 unspecified atom stereocenters. The van der Waals surface area contributed by atoms with Crippen LogP contribution in [0.2, 0.25) is 0 Å². The van der Waals surface area contributed by atoms with Crippen LogP contribution in [0.4, 0.5) is 43.7 Å². The van der Waals surface area contributed by atoms with Gasteiger partial charge in [-0.3, -0.25) is 0 Å². The summed E-state index contributed by atoms with van der Waals surface area (Å²) in [5.41, 5.74) is 13.4. The summed E-state index contributed by atoms with van der Waals surface area (Å²) in [6, 6.07) is 67.2. The smallest absolute Gasteiger partial charge is 0.437 e. The van der Waals surface area contributed by atoms with Crippen molar-refractivity contribution in [3.05, 3.63) is 228 Å². The van der Waals surface area contributed by atoms with Gasteiger partial charge in [0, 0.05) is 39.5 Å². The van der Waals surface area contributed by atoms with Crippen LogP contribution in [0.1, 0.15) is 41.7 Å². The van der Waals surface area contributed by atoms with E-state index in [0.29, 0.717) is 11.5 Å². The first kappa shape index (κ1) is 43.5. The van der Waals surface area contributed by atoms with Crippen molar-refractivity contribution in [3.63, 3.8) is 0 Å². The minimum atomic E-state index is -0.794. The van der Waals surface area contributed by atoms with Crippen molar-refractivity contribution in [1.29, 1.82) is 0 Å². The standard InChI is InChI=1S/C57H50N2O6/c1-40-36-41(2)38-52(37-40)59(48-14-10-7-11-15-48)51-30-20-44(21-31-51)43-18-28-50(29-19-43)58(47-12-8-6-9-13-47)49-26-16-42(17-27-49)39-63-56(61)65-54-34-24-46(25-35-54)57(3,4)45-22-32-53(33-23-45)64-55(60)62-5/h6-38H,39H2,1-5H3. The molecule has 0 aliphatic carbocycles. The Morgan fingerprint density at radius 3 is 1.26 bits per heavy atom. The van der Waals surface area contributed by atoms with Crippen molar-refractivity contribution in [2.24, 2.45) is 0 Å². The predicted octanol–water partition coefficient (Wildman–Crippen LogP) is 15.1. The summed E-state index contributed by atoms with van der Waals surface area (Å²) in [5.74, 6) is 0.765. The van der Waals surface area contributed by atoms with E-state index < -0.39 is 12.3 Å². The Morgan fingerprint density at radius 1 is 0.446 bits per heavy atom. The van der Waals surface area contributed by atoms with E-state index in [0.717, 1.165) is 61.9 Å². The minimum absolute atomic E-state index is 0.0481. The van der Waals surface area contributed by atoms with Crippen molar-refractivity contribution >= 4 is 46.4 Å². The summed E-state index contributed by atoms with van der Waals surface area (Å²) in [6.07, 6.45) is -1.56. The van der Waals surface area contributed by atoms with Gasteiger partial charge < -0.3 is 28.7 Å². The van der Waals surface area contributed by atoms with Gasteiger partial charge in [-0.2, -0.15) is 0 Å².